The van der Waals surface area contributed by atoms with E-state index in [2.05, 4.69) is 15.3 Å². The van der Waals surface area contributed by atoms with Crippen molar-refractivity contribution in [3.63, 3.8) is 0 Å². The lowest BCUT2D eigenvalue weighted by Crippen LogP contribution is -2.31. The summed E-state index contributed by atoms with van der Waals surface area (Å²) in [6.45, 7) is 0.806. The van der Waals surface area contributed by atoms with Crippen molar-refractivity contribution in [2.45, 2.75) is 44.4 Å². The van der Waals surface area contributed by atoms with Crippen LogP contribution in [0.3, 0.4) is 0 Å². The fraction of sp³-hybridized carbons (Fsp3) is 0.360. The summed E-state index contributed by atoms with van der Waals surface area (Å²) in [7, 11) is 0. The maximum absolute atomic E-state index is 13.0. The molecule has 1 heterocycles. The van der Waals surface area contributed by atoms with E-state index in [0.717, 1.165) is 49.2 Å². The maximum atomic E-state index is 13.0. The number of carbonyl (C=O) groups excluding carboxylic acids is 1. The number of alkyl carbamates (subject to hydrolysis) is 1. The molecule has 1 saturated carbocycles. The first-order valence-corrected chi connectivity index (χ1v) is 11.1. The minimum Gasteiger partial charge on any atom is -0.445 e. The second-order valence-electron chi connectivity index (χ2n) is 8.41. The van der Waals surface area contributed by atoms with Gasteiger partial charge >= 0.3 is 12.3 Å². The maximum Gasteiger partial charge on any atom is 0.416 e. The number of nitrogens with zero attached hydrogens (tertiary/aromatic N) is 1. The molecule has 1 fully saturated rings. The van der Waals surface area contributed by atoms with Crippen molar-refractivity contribution in [3.05, 3.63) is 77.7 Å². The number of aromatic amines is 1. The van der Waals surface area contributed by atoms with Crippen molar-refractivity contribution < 1.29 is 22.7 Å². The molecule has 1 amide bonds. The number of hydrogen-bond donors (Lipinski definition) is 2. The number of H-pyrrole nitrogens is 1. The highest BCUT2D eigenvalue weighted by atomic mass is 19.4. The number of halogens is 3. The van der Waals surface area contributed by atoms with Gasteiger partial charge in [-0.1, -0.05) is 42.5 Å². The highest BCUT2D eigenvalue weighted by molar-refractivity contribution is 5.67. The van der Waals surface area contributed by atoms with E-state index in [1.165, 1.54) is 6.07 Å². The Labute approximate surface area is 190 Å². The average molecular weight is 457 g/mol. The zero-order valence-corrected chi connectivity index (χ0v) is 18.1. The van der Waals surface area contributed by atoms with Gasteiger partial charge in [0.25, 0.3) is 0 Å². The molecule has 5 nitrogen and oxygen atoms in total. The Balaban J connectivity index is 1.24. The molecule has 0 atom stereocenters. The summed E-state index contributed by atoms with van der Waals surface area (Å²) in [6, 6.07) is 14.7. The number of carbonyl (C=O) groups is 1. The average Bonchev–Trinajstić information content (AvgIpc) is 3.32. The largest absolute Gasteiger partial charge is 0.445 e. The van der Waals surface area contributed by atoms with Crippen molar-refractivity contribution in [3.8, 4) is 11.3 Å². The molecule has 1 aromatic heterocycles. The molecule has 0 aliphatic heterocycles. The fourth-order valence-corrected chi connectivity index (χ4v) is 4.19. The fourth-order valence-electron chi connectivity index (χ4n) is 4.19. The molecule has 174 valence electrons. The van der Waals surface area contributed by atoms with E-state index in [1.807, 2.05) is 30.3 Å². The molecule has 1 aliphatic rings. The summed E-state index contributed by atoms with van der Waals surface area (Å²) < 4.78 is 44.2. The summed E-state index contributed by atoms with van der Waals surface area (Å²) >= 11 is 0. The summed E-state index contributed by atoms with van der Waals surface area (Å²) in [5.41, 5.74) is 1.22. The van der Waals surface area contributed by atoms with Crippen molar-refractivity contribution in [2.75, 3.05) is 6.54 Å². The van der Waals surface area contributed by atoms with Gasteiger partial charge in [0.2, 0.25) is 0 Å². The van der Waals surface area contributed by atoms with E-state index in [-0.39, 0.29) is 12.5 Å². The number of aromatic nitrogens is 2. The first-order chi connectivity index (χ1) is 15.9. The lowest BCUT2D eigenvalue weighted by atomic mass is 9.81. The molecule has 0 bridgehead atoms. The van der Waals surface area contributed by atoms with Gasteiger partial charge in [-0.05, 0) is 49.3 Å². The second kappa shape index (κ2) is 10.1. The normalized spacial score (nSPS) is 18.6. The highest BCUT2D eigenvalue weighted by Gasteiger charge is 2.31. The van der Waals surface area contributed by atoms with Gasteiger partial charge in [0.05, 0.1) is 11.3 Å². The molecule has 0 saturated heterocycles. The van der Waals surface area contributed by atoms with Gasteiger partial charge < -0.3 is 15.0 Å². The minimum atomic E-state index is -4.38. The summed E-state index contributed by atoms with van der Waals surface area (Å²) in [4.78, 5) is 19.7. The van der Waals surface area contributed by atoms with Crippen LogP contribution in [0.15, 0.2) is 60.8 Å². The smallest absolute Gasteiger partial charge is 0.416 e. The molecule has 4 rings (SSSR count). The third-order valence-corrected chi connectivity index (χ3v) is 6.06. The summed E-state index contributed by atoms with van der Waals surface area (Å²) in [5, 5.41) is 2.84. The Hall–Kier alpha value is -3.29. The van der Waals surface area contributed by atoms with E-state index in [9.17, 15) is 18.0 Å². The van der Waals surface area contributed by atoms with E-state index >= 15 is 0 Å². The number of alkyl halides is 3. The molecule has 33 heavy (non-hydrogen) atoms. The predicted molar refractivity (Wildman–Crippen MR) is 118 cm³/mol. The van der Waals surface area contributed by atoms with Crippen LogP contribution in [0.4, 0.5) is 18.0 Å². The van der Waals surface area contributed by atoms with Gasteiger partial charge in [-0.2, -0.15) is 13.2 Å². The highest BCUT2D eigenvalue weighted by Crippen LogP contribution is 2.36. The Bertz CT molecular complexity index is 1060. The SMILES string of the molecule is O=C(NC[C@H]1CC[C@H](c2nc(-c3cccc(C(F)(F)F)c3)c[nH]2)CC1)OCc1ccccc1. The predicted octanol–water partition coefficient (Wildman–Crippen LogP) is 6.30. The number of ether oxygens (including phenoxy) is 1. The topological polar surface area (TPSA) is 67.0 Å². The Kier molecular flexibility index (Phi) is 7.01. The quantitative estimate of drug-likeness (QED) is 0.457. The lowest BCUT2D eigenvalue weighted by molar-refractivity contribution is -0.137. The summed E-state index contributed by atoms with van der Waals surface area (Å²) in [6.07, 6.45) is 0.545. The van der Waals surface area contributed by atoms with E-state index in [4.69, 9.17) is 4.74 Å². The van der Waals surface area contributed by atoms with Crippen LogP contribution in [0.5, 0.6) is 0 Å². The standard InChI is InChI=1S/C25H26F3N3O2/c26-25(27,28)21-8-4-7-20(13-21)22-15-29-23(31-22)19-11-9-17(10-12-19)14-30-24(32)33-16-18-5-2-1-3-6-18/h1-8,13,15,17,19H,9-12,14,16H2,(H,29,31)(H,30,32)/t17-,19-. The van der Waals surface area contributed by atoms with E-state index in [1.54, 1.807) is 12.3 Å². The van der Waals surface area contributed by atoms with Crippen LogP contribution < -0.4 is 5.32 Å². The summed E-state index contributed by atoms with van der Waals surface area (Å²) in [5.74, 6) is 1.39. The van der Waals surface area contributed by atoms with Gasteiger partial charge in [0.15, 0.2) is 0 Å². The van der Waals surface area contributed by atoms with Crippen LogP contribution >= 0.6 is 0 Å². The van der Waals surface area contributed by atoms with Crippen LogP contribution in [0.25, 0.3) is 11.3 Å². The van der Waals surface area contributed by atoms with Crippen molar-refractivity contribution >= 4 is 6.09 Å². The lowest BCUT2D eigenvalue weighted by Gasteiger charge is -2.27. The molecule has 0 radical (unpaired) electrons. The van der Waals surface area contributed by atoms with Crippen LogP contribution in [-0.2, 0) is 17.5 Å². The van der Waals surface area contributed by atoms with Gasteiger partial charge in [0.1, 0.15) is 12.4 Å². The zero-order valence-electron chi connectivity index (χ0n) is 18.1. The molecule has 8 heteroatoms. The molecular formula is C25H26F3N3O2. The molecule has 2 N–H and O–H groups in total. The van der Waals surface area contributed by atoms with Gasteiger partial charge in [-0.15, -0.1) is 0 Å². The molecule has 1 aliphatic carbocycles. The first-order valence-electron chi connectivity index (χ1n) is 11.1. The molecular weight excluding hydrogens is 431 g/mol. The third-order valence-electron chi connectivity index (χ3n) is 6.06. The number of hydrogen-bond acceptors (Lipinski definition) is 3. The zero-order chi connectivity index (χ0) is 23.3. The van der Waals surface area contributed by atoms with E-state index in [0.29, 0.717) is 23.7 Å². The number of imidazole rings is 1. The molecule has 3 aromatic rings. The number of nitrogens with one attached hydrogen (secondary N) is 2. The van der Waals surface area contributed by atoms with Gasteiger partial charge in [-0.25, -0.2) is 9.78 Å². The Morgan fingerprint density at radius 3 is 2.55 bits per heavy atom. The van der Waals surface area contributed by atoms with Gasteiger partial charge in [-0.3, -0.25) is 0 Å². The Morgan fingerprint density at radius 1 is 1.06 bits per heavy atom. The number of benzene rings is 2. The van der Waals surface area contributed by atoms with Gasteiger partial charge in [0, 0.05) is 24.2 Å². The Morgan fingerprint density at radius 2 is 1.82 bits per heavy atom. The van der Waals surface area contributed by atoms with Crippen molar-refractivity contribution in [1.82, 2.24) is 15.3 Å². The second-order valence-corrected chi connectivity index (χ2v) is 8.41. The van der Waals surface area contributed by atoms with Crippen LogP contribution in [-0.4, -0.2) is 22.6 Å². The monoisotopic (exact) mass is 457 g/mol. The minimum absolute atomic E-state index is 0.228. The van der Waals surface area contributed by atoms with Crippen LogP contribution in [0, 0.1) is 5.92 Å². The van der Waals surface area contributed by atoms with Crippen molar-refractivity contribution in [1.29, 1.82) is 0 Å². The van der Waals surface area contributed by atoms with Crippen LogP contribution in [0.1, 0.15) is 48.6 Å². The van der Waals surface area contributed by atoms with E-state index < -0.39 is 17.8 Å². The third kappa shape index (κ3) is 6.15. The molecule has 0 spiro atoms. The molecule has 2 aromatic carbocycles. The number of rotatable bonds is 6. The van der Waals surface area contributed by atoms with Crippen molar-refractivity contribution in [2.24, 2.45) is 5.92 Å². The molecule has 0 unspecified atom stereocenters. The van der Waals surface area contributed by atoms with Crippen LogP contribution in [0.2, 0.25) is 0 Å². The number of amides is 1. The first kappa shape index (κ1) is 22.9.